The number of aromatic amines is 1. The number of hydrogen-bond donors (Lipinski definition) is 2. The number of rotatable bonds is 7. The Labute approximate surface area is 169 Å². The molecule has 4 rings (SSSR count). The molecule has 0 saturated heterocycles. The average Bonchev–Trinajstić information content (AvgIpc) is 3.33. The number of ether oxygens (including phenoxy) is 1. The molecule has 1 aromatic carbocycles. The molecule has 28 heavy (non-hydrogen) atoms. The Bertz CT molecular complexity index is 1050. The number of H-pyrrole nitrogens is 1. The number of nitrogens with one attached hydrogen (secondary N) is 2. The molecular weight excluding hydrogens is 366 g/mol. The lowest BCUT2D eigenvalue weighted by Crippen LogP contribution is -2.24. The van der Waals surface area contributed by atoms with Gasteiger partial charge in [0.05, 0.1) is 18.8 Å². The maximum Gasteiger partial charge on any atom is 0.119 e. The standard InChI is InChI=1S/C23H25N3OS/c1-15-4-6-21(24-12-15)22(10-17-8-9-28-14-17)25-13-23-16(2)19-11-18(27-3)5-7-20(19)26-23/h4-9,11-12,14,22,25-26H,10,13H2,1-3H3/t22-/m1/s1. The van der Waals surface area contributed by atoms with E-state index in [4.69, 9.17) is 4.74 Å². The summed E-state index contributed by atoms with van der Waals surface area (Å²) in [6.07, 6.45) is 2.87. The number of hydrogen-bond acceptors (Lipinski definition) is 4. The van der Waals surface area contributed by atoms with Crippen LogP contribution in [0, 0.1) is 13.8 Å². The summed E-state index contributed by atoms with van der Waals surface area (Å²) in [4.78, 5) is 8.23. The van der Waals surface area contributed by atoms with Crippen molar-refractivity contribution in [1.29, 1.82) is 0 Å². The molecule has 0 aliphatic rings. The average molecular weight is 392 g/mol. The predicted molar refractivity (Wildman–Crippen MR) is 116 cm³/mol. The van der Waals surface area contributed by atoms with Gasteiger partial charge >= 0.3 is 0 Å². The fourth-order valence-electron chi connectivity index (χ4n) is 3.50. The zero-order valence-corrected chi connectivity index (χ0v) is 17.3. The van der Waals surface area contributed by atoms with Crippen molar-refractivity contribution in [3.05, 3.63) is 81.4 Å². The summed E-state index contributed by atoms with van der Waals surface area (Å²) < 4.78 is 5.37. The summed E-state index contributed by atoms with van der Waals surface area (Å²) in [5.74, 6) is 0.883. The van der Waals surface area contributed by atoms with Crippen LogP contribution < -0.4 is 10.1 Å². The number of methoxy groups -OCH3 is 1. The van der Waals surface area contributed by atoms with Gasteiger partial charge in [-0.3, -0.25) is 4.98 Å². The van der Waals surface area contributed by atoms with Gasteiger partial charge < -0.3 is 15.0 Å². The first-order chi connectivity index (χ1) is 13.6. The summed E-state index contributed by atoms with van der Waals surface area (Å²) in [7, 11) is 1.70. The van der Waals surface area contributed by atoms with Crippen LogP contribution in [0.15, 0.2) is 53.4 Å². The molecule has 1 atom stereocenters. The number of pyridine rings is 1. The molecule has 3 heterocycles. The fourth-order valence-corrected chi connectivity index (χ4v) is 4.18. The summed E-state index contributed by atoms with van der Waals surface area (Å²) in [5.41, 5.74) is 7.19. The van der Waals surface area contributed by atoms with E-state index in [-0.39, 0.29) is 6.04 Å². The fraction of sp³-hybridized carbons (Fsp3) is 0.261. The predicted octanol–water partition coefficient (Wildman–Crippen LogP) is 5.32. The SMILES string of the molecule is COc1ccc2[nH]c(CN[C@H](Cc3ccsc3)c3ccc(C)cn3)c(C)c2c1. The molecule has 4 aromatic rings. The minimum atomic E-state index is 0.163. The third-order valence-corrected chi connectivity index (χ3v) is 5.94. The molecule has 0 radical (unpaired) electrons. The van der Waals surface area contributed by atoms with Crippen LogP contribution >= 0.6 is 11.3 Å². The van der Waals surface area contributed by atoms with E-state index in [1.165, 1.54) is 27.8 Å². The number of aryl methyl sites for hydroxylation is 2. The zero-order valence-electron chi connectivity index (χ0n) is 16.5. The van der Waals surface area contributed by atoms with Crippen LogP contribution in [0.2, 0.25) is 0 Å². The zero-order chi connectivity index (χ0) is 19.5. The second kappa shape index (κ2) is 8.17. The molecule has 5 heteroatoms. The smallest absolute Gasteiger partial charge is 0.119 e. The Morgan fingerprint density at radius 1 is 1.18 bits per heavy atom. The number of aromatic nitrogens is 2. The molecule has 3 aromatic heterocycles. The van der Waals surface area contributed by atoms with Gasteiger partial charge in [-0.15, -0.1) is 0 Å². The molecule has 0 fully saturated rings. The van der Waals surface area contributed by atoms with E-state index < -0.39 is 0 Å². The Morgan fingerprint density at radius 2 is 2.07 bits per heavy atom. The second-order valence-electron chi connectivity index (χ2n) is 7.17. The normalized spacial score (nSPS) is 12.4. The summed E-state index contributed by atoms with van der Waals surface area (Å²) in [6.45, 7) is 4.99. The van der Waals surface area contributed by atoms with E-state index >= 15 is 0 Å². The van der Waals surface area contributed by atoms with E-state index in [0.29, 0.717) is 0 Å². The summed E-state index contributed by atoms with van der Waals surface area (Å²) in [5, 5.41) is 9.27. The summed E-state index contributed by atoms with van der Waals surface area (Å²) in [6, 6.07) is 12.8. The molecule has 2 N–H and O–H groups in total. The first kappa shape index (κ1) is 18.7. The van der Waals surface area contributed by atoms with Crippen molar-refractivity contribution in [2.45, 2.75) is 32.9 Å². The first-order valence-corrected chi connectivity index (χ1v) is 10.4. The first-order valence-electron chi connectivity index (χ1n) is 9.46. The quantitative estimate of drug-likeness (QED) is 0.448. The van der Waals surface area contributed by atoms with E-state index in [0.717, 1.165) is 29.9 Å². The Hall–Kier alpha value is -2.63. The van der Waals surface area contributed by atoms with Gasteiger partial charge in [0.1, 0.15) is 5.75 Å². The highest BCUT2D eigenvalue weighted by atomic mass is 32.1. The van der Waals surface area contributed by atoms with Gasteiger partial charge in [-0.1, -0.05) is 6.07 Å². The van der Waals surface area contributed by atoms with Gasteiger partial charge in [-0.25, -0.2) is 0 Å². The molecular formula is C23H25N3OS. The van der Waals surface area contributed by atoms with E-state index in [1.807, 2.05) is 12.3 Å². The second-order valence-corrected chi connectivity index (χ2v) is 7.95. The molecule has 0 spiro atoms. The number of benzene rings is 1. The molecule has 0 bridgehead atoms. The van der Waals surface area contributed by atoms with Crippen molar-refractivity contribution in [3.8, 4) is 5.75 Å². The van der Waals surface area contributed by atoms with Crippen molar-refractivity contribution in [2.24, 2.45) is 0 Å². The van der Waals surface area contributed by atoms with Crippen molar-refractivity contribution < 1.29 is 4.74 Å². The van der Waals surface area contributed by atoms with Gasteiger partial charge in [0.15, 0.2) is 0 Å². The Kier molecular flexibility index (Phi) is 5.46. The van der Waals surface area contributed by atoms with Crippen molar-refractivity contribution in [2.75, 3.05) is 7.11 Å². The van der Waals surface area contributed by atoms with Crippen LogP contribution in [0.1, 0.15) is 34.1 Å². The number of nitrogens with zero attached hydrogens (tertiary/aromatic N) is 1. The largest absolute Gasteiger partial charge is 0.497 e. The lowest BCUT2D eigenvalue weighted by Gasteiger charge is -2.18. The maximum absolute atomic E-state index is 5.37. The minimum Gasteiger partial charge on any atom is -0.497 e. The highest BCUT2D eigenvalue weighted by Gasteiger charge is 2.16. The Balaban J connectivity index is 1.57. The van der Waals surface area contributed by atoms with Crippen molar-refractivity contribution in [3.63, 3.8) is 0 Å². The van der Waals surface area contributed by atoms with E-state index in [2.05, 4.69) is 70.2 Å². The van der Waals surface area contributed by atoms with Crippen molar-refractivity contribution in [1.82, 2.24) is 15.3 Å². The van der Waals surface area contributed by atoms with Gasteiger partial charge in [0.2, 0.25) is 0 Å². The molecule has 4 nitrogen and oxygen atoms in total. The summed E-state index contributed by atoms with van der Waals surface area (Å²) >= 11 is 1.74. The monoisotopic (exact) mass is 391 g/mol. The van der Waals surface area contributed by atoms with Crippen LogP contribution in [0.25, 0.3) is 10.9 Å². The molecule has 0 amide bonds. The topological polar surface area (TPSA) is 49.9 Å². The molecule has 0 saturated carbocycles. The van der Waals surface area contributed by atoms with Crippen LogP contribution in [0.5, 0.6) is 5.75 Å². The van der Waals surface area contributed by atoms with Gasteiger partial charge in [0, 0.05) is 29.3 Å². The van der Waals surface area contributed by atoms with Crippen LogP contribution in [0.3, 0.4) is 0 Å². The third kappa shape index (κ3) is 3.96. The van der Waals surface area contributed by atoms with Gasteiger partial charge in [-0.2, -0.15) is 11.3 Å². The number of fused-ring (bicyclic) bond motifs is 1. The van der Waals surface area contributed by atoms with Crippen LogP contribution in [-0.2, 0) is 13.0 Å². The third-order valence-electron chi connectivity index (χ3n) is 5.21. The van der Waals surface area contributed by atoms with Crippen molar-refractivity contribution >= 4 is 22.2 Å². The van der Waals surface area contributed by atoms with Gasteiger partial charge in [-0.05, 0) is 78.1 Å². The molecule has 0 aliphatic heterocycles. The Morgan fingerprint density at radius 3 is 2.79 bits per heavy atom. The van der Waals surface area contributed by atoms with Gasteiger partial charge in [0.25, 0.3) is 0 Å². The van der Waals surface area contributed by atoms with Crippen LogP contribution in [0.4, 0.5) is 0 Å². The molecule has 144 valence electrons. The lowest BCUT2D eigenvalue weighted by atomic mass is 10.0. The lowest BCUT2D eigenvalue weighted by molar-refractivity contribution is 0.415. The van der Waals surface area contributed by atoms with E-state index in [9.17, 15) is 0 Å². The molecule has 0 unspecified atom stereocenters. The minimum absolute atomic E-state index is 0.163. The maximum atomic E-state index is 5.37. The number of thiophene rings is 1. The highest BCUT2D eigenvalue weighted by Crippen LogP contribution is 2.27. The van der Waals surface area contributed by atoms with E-state index in [1.54, 1.807) is 18.4 Å². The molecule has 0 aliphatic carbocycles. The highest BCUT2D eigenvalue weighted by molar-refractivity contribution is 7.07. The van der Waals surface area contributed by atoms with Crippen LogP contribution in [-0.4, -0.2) is 17.1 Å².